The molecule has 0 radical (unpaired) electrons. The molecule has 1 aromatic carbocycles. The summed E-state index contributed by atoms with van der Waals surface area (Å²) in [4.78, 5) is 11.7. The summed E-state index contributed by atoms with van der Waals surface area (Å²) < 4.78 is 5.85. The van der Waals surface area contributed by atoms with E-state index in [9.17, 15) is 4.79 Å². The van der Waals surface area contributed by atoms with Crippen molar-refractivity contribution in [3.63, 3.8) is 0 Å². The third kappa shape index (κ3) is 4.09. The first kappa shape index (κ1) is 12.9. The Hall–Kier alpha value is -0.130. The van der Waals surface area contributed by atoms with Gasteiger partial charge in [-0.2, -0.15) is 0 Å². The van der Waals surface area contributed by atoms with E-state index in [4.69, 9.17) is 16.3 Å². The Bertz CT molecular complexity index is 352. The van der Waals surface area contributed by atoms with E-state index < -0.39 is 0 Å². The minimum atomic E-state index is 0.116. The zero-order chi connectivity index (χ0) is 11.3. The quantitative estimate of drug-likeness (QED) is 0.466. The van der Waals surface area contributed by atoms with E-state index in [1.54, 1.807) is 13.2 Å². The number of ketones is 1. The van der Waals surface area contributed by atoms with Gasteiger partial charge in [0.25, 0.3) is 0 Å². The molecule has 15 heavy (non-hydrogen) atoms. The second-order valence-electron chi connectivity index (χ2n) is 3.15. The monoisotopic (exact) mass is 338 g/mol. The molecule has 0 heterocycles. The van der Waals surface area contributed by atoms with Crippen LogP contribution >= 0.6 is 34.2 Å². The standard InChI is InChI=1S/C11H12ClIO2/c1-15-6-2-3-11(14)8-4-5-10(13)9(12)7-8/h4-5,7H,2-3,6H2,1H3. The number of carbonyl (C=O) groups excluding carboxylic acids is 1. The highest BCUT2D eigenvalue weighted by atomic mass is 127. The molecule has 0 aromatic heterocycles. The van der Waals surface area contributed by atoms with Crippen molar-refractivity contribution in [2.24, 2.45) is 0 Å². The lowest BCUT2D eigenvalue weighted by Crippen LogP contribution is -2.01. The van der Waals surface area contributed by atoms with Crippen LogP contribution < -0.4 is 0 Å². The third-order valence-electron chi connectivity index (χ3n) is 1.99. The van der Waals surface area contributed by atoms with Gasteiger partial charge in [-0.15, -0.1) is 0 Å². The Kier molecular flexibility index (Phi) is 5.56. The van der Waals surface area contributed by atoms with Gasteiger partial charge in [-0.1, -0.05) is 17.7 Å². The van der Waals surface area contributed by atoms with Gasteiger partial charge in [0, 0.05) is 29.3 Å². The van der Waals surface area contributed by atoms with Crippen LogP contribution in [0.4, 0.5) is 0 Å². The molecule has 0 unspecified atom stereocenters. The number of ether oxygens (including phenoxy) is 1. The van der Waals surface area contributed by atoms with Gasteiger partial charge < -0.3 is 4.74 Å². The Labute approximate surface area is 108 Å². The number of carbonyl (C=O) groups is 1. The molecule has 0 atom stereocenters. The molecule has 0 saturated carbocycles. The van der Waals surface area contributed by atoms with Crippen molar-refractivity contribution in [1.29, 1.82) is 0 Å². The molecule has 0 spiro atoms. The van der Waals surface area contributed by atoms with E-state index in [0.29, 0.717) is 23.6 Å². The van der Waals surface area contributed by atoms with E-state index in [0.717, 1.165) is 9.99 Å². The molecule has 2 nitrogen and oxygen atoms in total. The Morgan fingerprint density at radius 1 is 1.53 bits per heavy atom. The smallest absolute Gasteiger partial charge is 0.163 e. The molecule has 0 bridgehead atoms. The summed E-state index contributed by atoms with van der Waals surface area (Å²) in [6, 6.07) is 5.38. The molecule has 0 aliphatic carbocycles. The summed E-state index contributed by atoms with van der Waals surface area (Å²) in [5.41, 5.74) is 0.677. The van der Waals surface area contributed by atoms with Gasteiger partial charge in [-0.3, -0.25) is 4.79 Å². The molecule has 82 valence electrons. The van der Waals surface area contributed by atoms with Gasteiger partial charge in [0.1, 0.15) is 0 Å². The number of methoxy groups -OCH3 is 1. The second-order valence-corrected chi connectivity index (χ2v) is 4.72. The molecule has 0 saturated heterocycles. The van der Waals surface area contributed by atoms with Crippen LogP contribution in [-0.4, -0.2) is 19.5 Å². The van der Waals surface area contributed by atoms with Gasteiger partial charge in [-0.05, 0) is 41.1 Å². The first-order valence-electron chi connectivity index (χ1n) is 4.62. The number of rotatable bonds is 5. The summed E-state index contributed by atoms with van der Waals surface area (Å²) in [5.74, 6) is 0.116. The minimum absolute atomic E-state index is 0.116. The Morgan fingerprint density at radius 3 is 2.87 bits per heavy atom. The number of hydrogen-bond donors (Lipinski definition) is 0. The van der Waals surface area contributed by atoms with Crippen LogP contribution in [0.3, 0.4) is 0 Å². The fourth-order valence-corrected chi connectivity index (χ4v) is 1.71. The molecule has 1 rings (SSSR count). The van der Waals surface area contributed by atoms with Crippen LogP contribution in [-0.2, 0) is 4.74 Å². The Balaban J connectivity index is 2.62. The van der Waals surface area contributed by atoms with E-state index in [1.807, 2.05) is 12.1 Å². The van der Waals surface area contributed by atoms with Gasteiger partial charge in [0.2, 0.25) is 0 Å². The minimum Gasteiger partial charge on any atom is -0.385 e. The van der Waals surface area contributed by atoms with E-state index >= 15 is 0 Å². The average molecular weight is 339 g/mol. The van der Waals surface area contributed by atoms with Crippen molar-refractivity contribution in [3.05, 3.63) is 32.4 Å². The summed E-state index contributed by atoms with van der Waals surface area (Å²) in [7, 11) is 1.63. The van der Waals surface area contributed by atoms with Crippen molar-refractivity contribution in [3.8, 4) is 0 Å². The maximum Gasteiger partial charge on any atom is 0.163 e. The fraction of sp³-hybridized carbons (Fsp3) is 0.364. The number of hydrogen-bond acceptors (Lipinski definition) is 2. The van der Waals surface area contributed by atoms with Gasteiger partial charge >= 0.3 is 0 Å². The normalized spacial score (nSPS) is 10.3. The van der Waals surface area contributed by atoms with E-state index in [1.165, 1.54) is 0 Å². The molecule has 1 aromatic rings. The highest BCUT2D eigenvalue weighted by Crippen LogP contribution is 2.20. The average Bonchev–Trinajstić information content (AvgIpc) is 2.22. The van der Waals surface area contributed by atoms with Crippen molar-refractivity contribution in [1.82, 2.24) is 0 Å². The molecule has 0 aliphatic rings. The summed E-state index contributed by atoms with van der Waals surface area (Å²) in [6.07, 6.45) is 1.25. The number of halogens is 2. The van der Waals surface area contributed by atoms with Crippen molar-refractivity contribution in [2.45, 2.75) is 12.8 Å². The zero-order valence-electron chi connectivity index (χ0n) is 8.43. The predicted octanol–water partition coefficient (Wildman–Crippen LogP) is 3.55. The third-order valence-corrected chi connectivity index (χ3v) is 3.57. The molecule has 4 heteroatoms. The molecule has 0 fully saturated rings. The van der Waals surface area contributed by atoms with Crippen LogP contribution in [0.2, 0.25) is 5.02 Å². The Morgan fingerprint density at radius 2 is 2.27 bits per heavy atom. The summed E-state index contributed by atoms with van der Waals surface area (Å²) in [6.45, 7) is 0.615. The van der Waals surface area contributed by atoms with Gasteiger partial charge in [-0.25, -0.2) is 0 Å². The maximum atomic E-state index is 11.7. The van der Waals surface area contributed by atoms with E-state index in [2.05, 4.69) is 22.6 Å². The highest BCUT2D eigenvalue weighted by Gasteiger charge is 2.07. The number of Topliss-reactive ketones (excluding diaryl/α,β-unsaturated/α-hetero) is 1. The van der Waals surface area contributed by atoms with Gasteiger partial charge in [0.15, 0.2) is 5.78 Å². The first-order chi connectivity index (χ1) is 7.15. The summed E-state index contributed by atoms with van der Waals surface area (Å²) in [5, 5.41) is 0.633. The molecule has 0 amide bonds. The SMILES string of the molecule is COCCCC(=O)c1ccc(I)c(Cl)c1. The number of benzene rings is 1. The zero-order valence-corrected chi connectivity index (χ0v) is 11.3. The van der Waals surface area contributed by atoms with Crippen molar-refractivity contribution < 1.29 is 9.53 Å². The lowest BCUT2D eigenvalue weighted by molar-refractivity contribution is 0.0963. The van der Waals surface area contributed by atoms with Crippen LogP contribution in [0.1, 0.15) is 23.2 Å². The first-order valence-corrected chi connectivity index (χ1v) is 6.08. The molecular weight excluding hydrogens is 326 g/mol. The lowest BCUT2D eigenvalue weighted by atomic mass is 10.1. The second kappa shape index (κ2) is 6.45. The fourth-order valence-electron chi connectivity index (χ4n) is 1.19. The van der Waals surface area contributed by atoms with Crippen LogP contribution in [0.25, 0.3) is 0 Å². The van der Waals surface area contributed by atoms with Crippen molar-refractivity contribution in [2.75, 3.05) is 13.7 Å². The maximum absolute atomic E-state index is 11.7. The molecular formula is C11H12ClIO2. The van der Waals surface area contributed by atoms with Crippen LogP contribution in [0.15, 0.2) is 18.2 Å². The topological polar surface area (TPSA) is 26.3 Å². The van der Waals surface area contributed by atoms with E-state index in [-0.39, 0.29) is 5.78 Å². The molecule has 0 N–H and O–H groups in total. The van der Waals surface area contributed by atoms with Crippen LogP contribution in [0.5, 0.6) is 0 Å². The highest BCUT2D eigenvalue weighted by molar-refractivity contribution is 14.1. The van der Waals surface area contributed by atoms with Crippen LogP contribution in [0, 0.1) is 3.57 Å². The molecule has 0 aliphatic heterocycles. The summed E-state index contributed by atoms with van der Waals surface area (Å²) >= 11 is 8.07. The lowest BCUT2D eigenvalue weighted by Gasteiger charge is -2.02. The largest absolute Gasteiger partial charge is 0.385 e. The van der Waals surface area contributed by atoms with Gasteiger partial charge in [0.05, 0.1) is 5.02 Å². The predicted molar refractivity (Wildman–Crippen MR) is 69.6 cm³/mol. The van der Waals surface area contributed by atoms with Crippen molar-refractivity contribution >= 4 is 40.0 Å².